The first-order valence-electron chi connectivity index (χ1n) is 8.50. The van der Waals surface area contributed by atoms with Gasteiger partial charge in [-0.1, -0.05) is 26.0 Å². The summed E-state index contributed by atoms with van der Waals surface area (Å²) in [5.74, 6) is -0.0407. The molecule has 0 bridgehead atoms. The predicted molar refractivity (Wildman–Crippen MR) is 92.1 cm³/mol. The zero-order chi connectivity index (χ0) is 17.5. The summed E-state index contributed by atoms with van der Waals surface area (Å²) in [5, 5.41) is 2.59. The van der Waals surface area contributed by atoms with Crippen molar-refractivity contribution >= 4 is 17.5 Å². The molecule has 24 heavy (non-hydrogen) atoms. The molecule has 5 nitrogen and oxygen atoms in total. The van der Waals surface area contributed by atoms with Crippen molar-refractivity contribution in [2.45, 2.75) is 26.7 Å². The maximum Gasteiger partial charge on any atom is 0.225 e. The highest BCUT2D eigenvalue weighted by Crippen LogP contribution is 2.13. The molecule has 0 spiro atoms. The maximum absolute atomic E-state index is 13.5. The highest BCUT2D eigenvalue weighted by atomic mass is 19.1. The number of halogens is 1. The number of benzene rings is 1. The Balaban J connectivity index is 1.70. The normalized spacial score (nSPS) is 15.6. The molecule has 1 heterocycles. The second kappa shape index (κ2) is 8.78. The number of hydrogen-bond acceptors (Lipinski definition) is 3. The van der Waals surface area contributed by atoms with Crippen molar-refractivity contribution in [2.24, 2.45) is 5.92 Å². The molecule has 0 aromatic heterocycles. The Morgan fingerprint density at radius 3 is 2.46 bits per heavy atom. The number of para-hydroxylation sites is 1. The lowest BCUT2D eigenvalue weighted by Crippen LogP contribution is -2.49. The van der Waals surface area contributed by atoms with E-state index in [4.69, 9.17) is 0 Å². The van der Waals surface area contributed by atoms with E-state index in [0.29, 0.717) is 38.4 Å². The summed E-state index contributed by atoms with van der Waals surface area (Å²) in [5.41, 5.74) is 0.214. The third-order valence-electron chi connectivity index (χ3n) is 4.11. The molecule has 6 heteroatoms. The van der Waals surface area contributed by atoms with Crippen molar-refractivity contribution < 1.29 is 14.0 Å². The molecule has 1 aliphatic heterocycles. The van der Waals surface area contributed by atoms with Gasteiger partial charge in [0.1, 0.15) is 5.82 Å². The van der Waals surface area contributed by atoms with Gasteiger partial charge in [0.05, 0.1) is 5.69 Å². The van der Waals surface area contributed by atoms with Gasteiger partial charge in [-0.2, -0.15) is 0 Å². The lowest BCUT2D eigenvalue weighted by molar-refractivity contribution is -0.134. The molecule has 1 aromatic rings. The predicted octanol–water partition coefficient (Wildman–Crippen LogP) is 2.34. The molecule has 0 atom stereocenters. The topological polar surface area (TPSA) is 52.7 Å². The van der Waals surface area contributed by atoms with E-state index in [1.165, 1.54) is 6.07 Å². The standard InChI is InChI=1S/C18H26FN3O2/c1-14(2)13-18(24)22-11-9-21(10-12-22)8-7-17(23)20-16-6-4-3-5-15(16)19/h3-6,14H,7-13H2,1-2H3,(H,20,23). The first kappa shape index (κ1) is 18.4. The smallest absolute Gasteiger partial charge is 0.225 e. The van der Waals surface area contributed by atoms with E-state index < -0.39 is 5.82 Å². The van der Waals surface area contributed by atoms with Crippen LogP contribution in [0.3, 0.4) is 0 Å². The minimum absolute atomic E-state index is 0.196. The van der Waals surface area contributed by atoms with E-state index in [0.717, 1.165) is 13.1 Å². The van der Waals surface area contributed by atoms with Gasteiger partial charge in [-0.25, -0.2) is 4.39 Å². The van der Waals surface area contributed by atoms with Gasteiger partial charge in [0, 0.05) is 45.6 Å². The molecule has 1 aliphatic rings. The van der Waals surface area contributed by atoms with Crippen molar-refractivity contribution in [3.63, 3.8) is 0 Å². The number of carbonyl (C=O) groups is 2. The van der Waals surface area contributed by atoms with Gasteiger partial charge in [-0.15, -0.1) is 0 Å². The van der Waals surface area contributed by atoms with E-state index >= 15 is 0 Å². The number of carbonyl (C=O) groups excluding carboxylic acids is 2. The molecule has 1 saturated heterocycles. The van der Waals surface area contributed by atoms with Crippen molar-refractivity contribution in [1.29, 1.82) is 0 Å². The van der Waals surface area contributed by atoms with Gasteiger partial charge in [0.2, 0.25) is 11.8 Å². The summed E-state index contributed by atoms with van der Waals surface area (Å²) in [6.45, 7) is 7.67. The molecule has 0 aliphatic carbocycles. The van der Waals surface area contributed by atoms with Crippen molar-refractivity contribution in [1.82, 2.24) is 9.80 Å². The number of nitrogens with one attached hydrogen (secondary N) is 1. The second-order valence-electron chi connectivity index (χ2n) is 6.60. The lowest BCUT2D eigenvalue weighted by atomic mass is 10.1. The molecule has 1 fully saturated rings. The molecule has 2 rings (SSSR count). The fraction of sp³-hybridized carbons (Fsp3) is 0.556. The van der Waals surface area contributed by atoms with Gasteiger partial charge in [-0.3, -0.25) is 14.5 Å². The Kier molecular flexibility index (Phi) is 6.73. The third-order valence-corrected chi connectivity index (χ3v) is 4.11. The van der Waals surface area contributed by atoms with E-state index in [1.807, 2.05) is 18.7 Å². The molecule has 0 unspecified atom stereocenters. The number of hydrogen-bond donors (Lipinski definition) is 1. The summed E-state index contributed by atoms with van der Waals surface area (Å²) in [6, 6.07) is 6.15. The highest BCUT2D eigenvalue weighted by Gasteiger charge is 2.21. The van der Waals surface area contributed by atoms with Crippen LogP contribution in [0.15, 0.2) is 24.3 Å². The molecule has 0 saturated carbocycles. The number of amides is 2. The minimum atomic E-state index is -0.428. The monoisotopic (exact) mass is 335 g/mol. The zero-order valence-corrected chi connectivity index (χ0v) is 14.4. The van der Waals surface area contributed by atoms with Crippen LogP contribution in [0.2, 0.25) is 0 Å². The van der Waals surface area contributed by atoms with Gasteiger partial charge < -0.3 is 10.2 Å². The fourth-order valence-corrected chi connectivity index (χ4v) is 2.73. The van der Waals surface area contributed by atoms with Crippen LogP contribution < -0.4 is 5.32 Å². The summed E-state index contributed by atoms with van der Waals surface area (Å²) in [7, 11) is 0. The van der Waals surface area contributed by atoms with Crippen LogP contribution in [-0.4, -0.2) is 54.3 Å². The molecular formula is C18H26FN3O2. The van der Waals surface area contributed by atoms with Crippen LogP contribution in [0.25, 0.3) is 0 Å². The molecular weight excluding hydrogens is 309 g/mol. The maximum atomic E-state index is 13.5. The van der Waals surface area contributed by atoms with Gasteiger partial charge in [-0.05, 0) is 18.1 Å². The van der Waals surface area contributed by atoms with Crippen molar-refractivity contribution in [3.8, 4) is 0 Å². The Hall–Kier alpha value is -1.95. The SMILES string of the molecule is CC(C)CC(=O)N1CCN(CCC(=O)Nc2ccccc2F)CC1. The Bertz CT molecular complexity index is 569. The summed E-state index contributed by atoms with van der Waals surface area (Å²) in [6.07, 6.45) is 0.902. The minimum Gasteiger partial charge on any atom is -0.340 e. The second-order valence-corrected chi connectivity index (χ2v) is 6.60. The largest absolute Gasteiger partial charge is 0.340 e. The van der Waals surface area contributed by atoms with Gasteiger partial charge in [0.15, 0.2) is 0 Å². The zero-order valence-electron chi connectivity index (χ0n) is 14.4. The van der Waals surface area contributed by atoms with Gasteiger partial charge >= 0.3 is 0 Å². The Labute approximate surface area is 142 Å². The highest BCUT2D eigenvalue weighted by molar-refractivity contribution is 5.90. The van der Waals surface area contributed by atoms with E-state index in [1.54, 1.807) is 18.2 Å². The summed E-state index contributed by atoms with van der Waals surface area (Å²) < 4.78 is 13.5. The average molecular weight is 335 g/mol. The van der Waals surface area contributed by atoms with Crippen molar-refractivity contribution in [3.05, 3.63) is 30.1 Å². The first-order valence-corrected chi connectivity index (χ1v) is 8.50. The Morgan fingerprint density at radius 2 is 1.83 bits per heavy atom. The van der Waals surface area contributed by atoms with E-state index in [2.05, 4.69) is 10.2 Å². The summed E-state index contributed by atoms with van der Waals surface area (Å²) >= 11 is 0. The summed E-state index contributed by atoms with van der Waals surface area (Å²) in [4.78, 5) is 28.0. The van der Waals surface area contributed by atoms with Crippen molar-refractivity contribution in [2.75, 3.05) is 38.0 Å². The quantitative estimate of drug-likeness (QED) is 0.868. The van der Waals surface area contributed by atoms with Crippen LogP contribution in [0.4, 0.5) is 10.1 Å². The molecule has 0 radical (unpaired) electrons. The Morgan fingerprint density at radius 1 is 1.17 bits per heavy atom. The molecule has 132 valence electrons. The third kappa shape index (κ3) is 5.60. The molecule has 2 amide bonds. The van der Waals surface area contributed by atoms with Crippen LogP contribution in [-0.2, 0) is 9.59 Å². The number of nitrogens with zero attached hydrogens (tertiary/aromatic N) is 2. The molecule has 1 aromatic carbocycles. The molecule has 1 N–H and O–H groups in total. The number of anilines is 1. The first-order chi connectivity index (χ1) is 11.5. The lowest BCUT2D eigenvalue weighted by Gasteiger charge is -2.35. The van der Waals surface area contributed by atoms with Crippen LogP contribution in [0.5, 0.6) is 0 Å². The fourth-order valence-electron chi connectivity index (χ4n) is 2.73. The van der Waals surface area contributed by atoms with E-state index in [9.17, 15) is 14.0 Å². The van der Waals surface area contributed by atoms with Crippen LogP contribution in [0, 0.1) is 11.7 Å². The number of rotatable bonds is 6. The van der Waals surface area contributed by atoms with Crippen LogP contribution >= 0.6 is 0 Å². The average Bonchev–Trinajstić information content (AvgIpc) is 2.55. The number of piperazine rings is 1. The van der Waals surface area contributed by atoms with E-state index in [-0.39, 0.29) is 17.5 Å². The van der Waals surface area contributed by atoms with Gasteiger partial charge in [0.25, 0.3) is 0 Å². The van der Waals surface area contributed by atoms with Crippen LogP contribution in [0.1, 0.15) is 26.7 Å².